The van der Waals surface area contributed by atoms with Crippen LogP contribution in [0.1, 0.15) is 56.3 Å². The van der Waals surface area contributed by atoms with E-state index in [1.54, 1.807) is 16.6 Å². The fourth-order valence-corrected chi connectivity index (χ4v) is 7.46. The molecular weight excluding hydrogens is 556 g/mol. The molecule has 2 aliphatic heterocycles. The second-order valence-corrected chi connectivity index (χ2v) is 12.2. The smallest absolute Gasteiger partial charge is 0.271 e. The van der Waals surface area contributed by atoms with Gasteiger partial charge in [-0.3, -0.25) is 14.2 Å². The summed E-state index contributed by atoms with van der Waals surface area (Å²) in [6.45, 7) is 11.2. The third-order valence-electron chi connectivity index (χ3n) is 8.74. The monoisotopic (exact) mass is 594 g/mol. The second kappa shape index (κ2) is 11.8. The molecule has 4 aromatic rings. The average Bonchev–Trinajstić information content (AvgIpc) is 3.66. The van der Waals surface area contributed by atoms with Gasteiger partial charge in [0, 0.05) is 37.4 Å². The minimum absolute atomic E-state index is 0.117. The summed E-state index contributed by atoms with van der Waals surface area (Å²) in [4.78, 5) is 38.2. The molecule has 1 atom stereocenters. The number of hydrogen-bond donors (Lipinski definition) is 0. The first-order chi connectivity index (χ1) is 20.9. The van der Waals surface area contributed by atoms with Crippen LogP contribution in [-0.4, -0.2) is 48.7 Å². The van der Waals surface area contributed by atoms with Gasteiger partial charge in [0.2, 0.25) is 0 Å². The SMILES string of the molecule is CCN(CC)C(=O)C1=C(C)N=c2s/c(=C\c3ccc(N4CCCC4)cc3C)c(=O)n2[C@H]1c1c(OC)ccc2ccccc12. The Kier molecular flexibility index (Phi) is 7.97. The number of methoxy groups -OCH3 is 1. The van der Waals surface area contributed by atoms with Crippen LogP contribution in [0.25, 0.3) is 16.8 Å². The number of fused-ring (bicyclic) bond motifs is 2. The number of hydrogen-bond acceptors (Lipinski definition) is 6. The van der Waals surface area contributed by atoms with E-state index in [0.29, 0.717) is 39.4 Å². The molecule has 0 bridgehead atoms. The van der Waals surface area contributed by atoms with Crippen molar-refractivity contribution in [3.8, 4) is 5.75 Å². The number of carbonyl (C=O) groups is 1. The van der Waals surface area contributed by atoms with Crippen LogP contribution in [-0.2, 0) is 4.79 Å². The number of aromatic nitrogens is 1. The number of carbonyl (C=O) groups excluding carboxylic acids is 1. The Morgan fingerprint density at radius 1 is 1.07 bits per heavy atom. The molecule has 1 fully saturated rings. The zero-order valence-corrected chi connectivity index (χ0v) is 26.3. The molecular formula is C35H38N4O3S. The van der Waals surface area contributed by atoms with Crippen LogP contribution in [0.15, 0.2) is 75.7 Å². The summed E-state index contributed by atoms with van der Waals surface area (Å²) in [6, 6.07) is 17.8. The maximum atomic E-state index is 14.4. The number of aryl methyl sites for hydroxylation is 1. The molecule has 8 heteroatoms. The van der Waals surface area contributed by atoms with Crippen LogP contribution in [0, 0.1) is 6.92 Å². The lowest BCUT2D eigenvalue weighted by Crippen LogP contribution is -2.43. The van der Waals surface area contributed by atoms with E-state index in [2.05, 4.69) is 30.0 Å². The van der Waals surface area contributed by atoms with Gasteiger partial charge in [-0.1, -0.05) is 47.7 Å². The van der Waals surface area contributed by atoms with Gasteiger partial charge in [-0.2, -0.15) is 0 Å². The van der Waals surface area contributed by atoms with Gasteiger partial charge in [0.15, 0.2) is 4.80 Å². The van der Waals surface area contributed by atoms with E-state index in [1.807, 2.05) is 63.2 Å². The van der Waals surface area contributed by atoms with Crippen LogP contribution in [0.5, 0.6) is 5.75 Å². The number of anilines is 1. The Hall–Kier alpha value is -4.17. The molecule has 222 valence electrons. The number of nitrogens with zero attached hydrogens (tertiary/aromatic N) is 4. The number of allylic oxidation sites excluding steroid dienone is 1. The van der Waals surface area contributed by atoms with Crippen molar-refractivity contribution < 1.29 is 9.53 Å². The summed E-state index contributed by atoms with van der Waals surface area (Å²) in [5.41, 5.74) is 5.11. The summed E-state index contributed by atoms with van der Waals surface area (Å²) >= 11 is 1.37. The quantitative estimate of drug-likeness (QED) is 0.296. The second-order valence-electron chi connectivity index (χ2n) is 11.2. The Morgan fingerprint density at radius 2 is 1.81 bits per heavy atom. The largest absolute Gasteiger partial charge is 0.496 e. The summed E-state index contributed by atoms with van der Waals surface area (Å²) in [5.74, 6) is 0.514. The van der Waals surface area contributed by atoms with Gasteiger partial charge >= 0.3 is 0 Å². The Bertz CT molecular complexity index is 1930. The zero-order valence-electron chi connectivity index (χ0n) is 25.5. The number of amides is 1. The standard InChI is InChI=1S/C35H38N4O3S/c1-6-37(7-2)34(41)30-23(4)36-35-39(32(30)31-27-13-9-8-12-24(27)15-17-28(31)42-5)33(40)29(43-35)21-25-14-16-26(20-22(25)3)38-18-10-11-19-38/h8-9,12-17,20-21,32H,6-7,10-11,18-19H2,1-5H3/b29-21-/t32-/m1/s1. The number of likely N-dealkylation sites (N-methyl/N-ethyl adjacent to an activating group) is 1. The van der Waals surface area contributed by atoms with Crippen LogP contribution < -0.4 is 24.5 Å². The number of ether oxygens (including phenoxy) is 1. The van der Waals surface area contributed by atoms with Gasteiger partial charge in [0.05, 0.1) is 22.9 Å². The van der Waals surface area contributed by atoms with Crippen LogP contribution in [0.2, 0.25) is 0 Å². The molecule has 0 unspecified atom stereocenters. The van der Waals surface area contributed by atoms with Gasteiger partial charge in [-0.05, 0) is 86.7 Å². The van der Waals surface area contributed by atoms with Crippen molar-refractivity contribution in [3.63, 3.8) is 0 Å². The van der Waals surface area contributed by atoms with Gasteiger partial charge in [0.25, 0.3) is 11.5 Å². The van der Waals surface area contributed by atoms with Crippen molar-refractivity contribution in [2.24, 2.45) is 4.99 Å². The molecule has 0 spiro atoms. The van der Waals surface area contributed by atoms with E-state index in [1.165, 1.54) is 29.9 Å². The summed E-state index contributed by atoms with van der Waals surface area (Å²) in [7, 11) is 1.63. The molecule has 0 N–H and O–H groups in total. The van der Waals surface area contributed by atoms with Gasteiger partial charge in [-0.25, -0.2) is 4.99 Å². The fraction of sp³-hybridized carbons (Fsp3) is 0.343. The zero-order chi connectivity index (χ0) is 30.2. The normalized spacial score (nSPS) is 16.9. The third-order valence-corrected chi connectivity index (χ3v) is 9.72. The molecule has 1 aromatic heterocycles. The average molecular weight is 595 g/mol. The number of benzene rings is 3. The molecule has 2 aliphatic rings. The third kappa shape index (κ3) is 5.07. The van der Waals surface area contributed by atoms with Crippen molar-refractivity contribution in [3.05, 3.63) is 102 Å². The molecule has 0 aliphatic carbocycles. The molecule has 1 saturated heterocycles. The Morgan fingerprint density at radius 3 is 2.51 bits per heavy atom. The first-order valence-electron chi connectivity index (χ1n) is 15.1. The highest BCUT2D eigenvalue weighted by molar-refractivity contribution is 7.07. The van der Waals surface area contributed by atoms with Gasteiger partial charge in [-0.15, -0.1) is 0 Å². The number of rotatable bonds is 7. The maximum absolute atomic E-state index is 14.4. The maximum Gasteiger partial charge on any atom is 0.271 e. The van der Waals surface area contributed by atoms with E-state index in [0.717, 1.165) is 40.6 Å². The minimum atomic E-state index is -0.689. The summed E-state index contributed by atoms with van der Waals surface area (Å²) in [6.07, 6.45) is 4.42. The van der Waals surface area contributed by atoms with Crippen molar-refractivity contribution in [2.45, 2.75) is 46.6 Å². The first-order valence-corrected chi connectivity index (χ1v) is 15.9. The molecule has 3 heterocycles. The van der Waals surface area contributed by atoms with Crippen LogP contribution in [0.4, 0.5) is 5.69 Å². The van der Waals surface area contributed by atoms with E-state index in [4.69, 9.17) is 9.73 Å². The highest BCUT2D eigenvalue weighted by Crippen LogP contribution is 2.40. The molecule has 43 heavy (non-hydrogen) atoms. The van der Waals surface area contributed by atoms with E-state index < -0.39 is 6.04 Å². The summed E-state index contributed by atoms with van der Waals surface area (Å²) < 4.78 is 8.20. The van der Waals surface area contributed by atoms with Gasteiger partial charge in [0.1, 0.15) is 11.8 Å². The lowest BCUT2D eigenvalue weighted by Gasteiger charge is -2.30. The molecule has 3 aromatic carbocycles. The Balaban J connectivity index is 1.58. The van der Waals surface area contributed by atoms with Crippen molar-refractivity contribution in [2.75, 3.05) is 38.2 Å². The lowest BCUT2D eigenvalue weighted by atomic mass is 9.90. The predicted octanol–water partition coefficient (Wildman–Crippen LogP) is 5.17. The summed E-state index contributed by atoms with van der Waals surface area (Å²) in [5, 5.41) is 1.95. The van der Waals surface area contributed by atoms with E-state index in [9.17, 15) is 9.59 Å². The van der Waals surface area contributed by atoms with Crippen LogP contribution in [0.3, 0.4) is 0 Å². The van der Waals surface area contributed by atoms with E-state index in [-0.39, 0.29) is 11.5 Å². The highest BCUT2D eigenvalue weighted by atomic mass is 32.1. The topological polar surface area (TPSA) is 67.1 Å². The molecule has 0 saturated carbocycles. The highest BCUT2D eigenvalue weighted by Gasteiger charge is 2.36. The number of thiazole rings is 1. The fourth-order valence-electron chi connectivity index (χ4n) is 6.42. The van der Waals surface area contributed by atoms with E-state index >= 15 is 0 Å². The Labute approximate surface area is 256 Å². The molecule has 7 nitrogen and oxygen atoms in total. The lowest BCUT2D eigenvalue weighted by molar-refractivity contribution is -0.127. The van der Waals surface area contributed by atoms with Gasteiger partial charge < -0.3 is 14.5 Å². The van der Waals surface area contributed by atoms with Crippen molar-refractivity contribution in [1.29, 1.82) is 0 Å². The predicted molar refractivity (Wildman–Crippen MR) is 175 cm³/mol. The van der Waals surface area contributed by atoms with Crippen LogP contribution >= 0.6 is 11.3 Å². The van der Waals surface area contributed by atoms with Crippen molar-refractivity contribution in [1.82, 2.24) is 9.47 Å². The molecule has 0 radical (unpaired) electrons. The molecule has 1 amide bonds. The van der Waals surface area contributed by atoms with Crippen molar-refractivity contribution >= 4 is 39.8 Å². The molecule has 6 rings (SSSR count). The minimum Gasteiger partial charge on any atom is -0.496 e. The first kappa shape index (κ1) is 28.9.